The largest absolute Gasteiger partial charge is 0.459 e. The van der Waals surface area contributed by atoms with Gasteiger partial charge in [-0.25, -0.2) is 9.59 Å². The first kappa shape index (κ1) is 34.0. The molecule has 3 aromatic carbocycles. The van der Waals surface area contributed by atoms with Gasteiger partial charge in [-0.05, 0) is 53.6 Å². The Hall–Kier alpha value is -4.93. The van der Waals surface area contributed by atoms with E-state index in [1.807, 2.05) is 86.6 Å². The van der Waals surface area contributed by atoms with Crippen LogP contribution in [0.1, 0.15) is 51.2 Å². The molecule has 0 unspecified atom stereocenters. The average Bonchev–Trinajstić information content (AvgIpc) is 3.06. The Labute approximate surface area is 268 Å². The summed E-state index contributed by atoms with van der Waals surface area (Å²) in [5, 5.41) is 9.99. The highest BCUT2D eigenvalue weighted by Gasteiger charge is 2.49. The molecule has 11 heteroatoms. The molecule has 1 fully saturated rings. The highest BCUT2D eigenvalue weighted by molar-refractivity contribution is 5.94. The summed E-state index contributed by atoms with van der Waals surface area (Å²) in [6.45, 7) is 5.55. The summed E-state index contributed by atoms with van der Waals surface area (Å²) in [6.07, 6.45) is -0.402. The van der Waals surface area contributed by atoms with Crippen LogP contribution >= 0.6 is 0 Å². The molecule has 11 nitrogen and oxygen atoms in total. The molecule has 0 spiro atoms. The van der Waals surface area contributed by atoms with Crippen LogP contribution in [-0.2, 0) is 46.6 Å². The lowest BCUT2D eigenvalue weighted by Crippen LogP contribution is -2.56. The van der Waals surface area contributed by atoms with E-state index in [0.29, 0.717) is 6.42 Å². The van der Waals surface area contributed by atoms with Crippen molar-refractivity contribution >= 4 is 40.6 Å². The van der Waals surface area contributed by atoms with Gasteiger partial charge in [0.15, 0.2) is 6.10 Å². The normalized spacial score (nSPS) is 17.4. The summed E-state index contributed by atoms with van der Waals surface area (Å²) >= 11 is 0. The van der Waals surface area contributed by atoms with Gasteiger partial charge in [0.25, 0.3) is 5.91 Å². The van der Waals surface area contributed by atoms with Crippen LogP contribution in [0.3, 0.4) is 0 Å². The third kappa shape index (κ3) is 9.29. The number of cyclic esters (lactones) is 1. The summed E-state index contributed by atoms with van der Waals surface area (Å²) < 4.78 is 15.9. The Morgan fingerprint density at radius 1 is 0.848 bits per heavy atom. The van der Waals surface area contributed by atoms with Crippen LogP contribution in [0.5, 0.6) is 0 Å². The second-order valence-corrected chi connectivity index (χ2v) is 11.5. The first-order valence-corrected chi connectivity index (χ1v) is 15.6. The zero-order valence-corrected chi connectivity index (χ0v) is 26.3. The first-order valence-electron chi connectivity index (χ1n) is 15.6. The molecule has 1 aliphatic heterocycles. The van der Waals surface area contributed by atoms with E-state index in [-0.39, 0.29) is 38.1 Å². The van der Waals surface area contributed by atoms with Gasteiger partial charge in [0.2, 0.25) is 5.91 Å². The van der Waals surface area contributed by atoms with Gasteiger partial charge in [0, 0.05) is 6.54 Å². The number of nitrogens with one attached hydrogen (secondary N) is 3. The molecule has 0 bridgehead atoms. The fourth-order valence-electron chi connectivity index (χ4n) is 5.08. The fraction of sp³-hybridized carbons (Fsp3) is 0.400. The van der Waals surface area contributed by atoms with Gasteiger partial charge in [-0.15, -0.1) is 0 Å². The van der Waals surface area contributed by atoms with Crippen LogP contribution in [0.15, 0.2) is 72.8 Å². The van der Waals surface area contributed by atoms with Crippen molar-refractivity contribution in [2.45, 2.75) is 71.4 Å². The molecule has 5 atom stereocenters. The maximum Gasteiger partial charge on any atom is 0.408 e. The van der Waals surface area contributed by atoms with E-state index in [9.17, 15) is 24.0 Å². The van der Waals surface area contributed by atoms with E-state index in [1.165, 1.54) is 6.92 Å². The SMILES string of the molecule is CC[C@H](C)[C@@H]1C(=O)O[C@H]1C(=O)NCCC[C@H](NC(=O)[C@H](C)NC(=O)OCc1ccc2ccccc2c1)C(=O)OCc1ccccc1. The maximum absolute atomic E-state index is 13.0. The summed E-state index contributed by atoms with van der Waals surface area (Å²) in [5.41, 5.74) is 1.58. The number of hydrogen-bond donors (Lipinski definition) is 3. The van der Waals surface area contributed by atoms with Crippen molar-refractivity contribution in [3.05, 3.63) is 83.9 Å². The number of fused-ring (bicyclic) bond motifs is 1. The minimum absolute atomic E-state index is 0.0156. The second-order valence-electron chi connectivity index (χ2n) is 11.5. The fourth-order valence-corrected chi connectivity index (χ4v) is 5.08. The number of rotatable bonds is 15. The van der Waals surface area contributed by atoms with E-state index < -0.39 is 48.0 Å². The van der Waals surface area contributed by atoms with E-state index in [0.717, 1.165) is 28.3 Å². The number of hydrogen-bond acceptors (Lipinski definition) is 8. The number of carbonyl (C=O) groups excluding carboxylic acids is 5. The number of carbonyl (C=O) groups is 5. The van der Waals surface area contributed by atoms with Gasteiger partial charge < -0.3 is 30.2 Å². The van der Waals surface area contributed by atoms with Gasteiger partial charge in [0.1, 0.15) is 31.2 Å². The minimum Gasteiger partial charge on any atom is -0.459 e. The van der Waals surface area contributed by atoms with Gasteiger partial charge in [-0.2, -0.15) is 0 Å². The van der Waals surface area contributed by atoms with Crippen molar-refractivity contribution in [2.75, 3.05) is 6.54 Å². The zero-order chi connectivity index (χ0) is 33.1. The molecule has 3 N–H and O–H groups in total. The molecule has 1 heterocycles. The molecule has 244 valence electrons. The van der Waals surface area contributed by atoms with Crippen LogP contribution in [0.4, 0.5) is 4.79 Å². The highest BCUT2D eigenvalue weighted by Crippen LogP contribution is 2.31. The van der Waals surface area contributed by atoms with Crippen LogP contribution in [0, 0.1) is 11.8 Å². The van der Waals surface area contributed by atoms with Crippen LogP contribution in [-0.4, -0.2) is 54.6 Å². The number of amides is 3. The lowest BCUT2D eigenvalue weighted by Gasteiger charge is -2.37. The topological polar surface area (TPSA) is 149 Å². The van der Waals surface area contributed by atoms with Gasteiger partial charge >= 0.3 is 18.0 Å². The number of ether oxygens (including phenoxy) is 3. The van der Waals surface area contributed by atoms with Crippen LogP contribution in [0.2, 0.25) is 0 Å². The molecule has 1 aliphatic rings. The number of alkyl carbamates (subject to hydrolysis) is 1. The summed E-state index contributed by atoms with van der Waals surface area (Å²) in [5.74, 6) is -2.48. The Balaban J connectivity index is 1.28. The smallest absolute Gasteiger partial charge is 0.408 e. The van der Waals surface area contributed by atoms with Crippen molar-refractivity contribution in [1.82, 2.24) is 16.0 Å². The van der Waals surface area contributed by atoms with Crippen LogP contribution in [0.25, 0.3) is 10.8 Å². The second kappa shape index (κ2) is 16.4. The maximum atomic E-state index is 13.0. The summed E-state index contributed by atoms with van der Waals surface area (Å²) in [4.78, 5) is 63.0. The molecular weight excluding hydrogens is 590 g/mol. The highest BCUT2D eigenvalue weighted by atomic mass is 16.6. The molecule has 0 aliphatic carbocycles. The predicted molar refractivity (Wildman–Crippen MR) is 170 cm³/mol. The quantitative estimate of drug-likeness (QED) is 0.129. The van der Waals surface area contributed by atoms with Gasteiger partial charge in [-0.3, -0.25) is 14.4 Å². The Morgan fingerprint density at radius 3 is 2.26 bits per heavy atom. The molecule has 0 radical (unpaired) electrons. The molecule has 1 saturated heterocycles. The van der Waals surface area contributed by atoms with Crippen molar-refractivity contribution in [3.63, 3.8) is 0 Å². The Kier molecular flexibility index (Phi) is 12.1. The lowest BCUT2D eigenvalue weighted by molar-refractivity contribution is -0.193. The Bertz CT molecular complexity index is 1530. The number of esters is 2. The van der Waals surface area contributed by atoms with E-state index in [2.05, 4.69) is 16.0 Å². The number of benzene rings is 3. The van der Waals surface area contributed by atoms with Crippen molar-refractivity contribution in [2.24, 2.45) is 11.8 Å². The molecule has 3 aromatic rings. The monoisotopic (exact) mass is 631 g/mol. The van der Waals surface area contributed by atoms with Crippen molar-refractivity contribution in [3.8, 4) is 0 Å². The first-order chi connectivity index (χ1) is 22.2. The molecule has 0 aromatic heterocycles. The van der Waals surface area contributed by atoms with Crippen molar-refractivity contribution < 1.29 is 38.2 Å². The van der Waals surface area contributed by atoms with Gasteiger partial charge in [0.05, 0.1) is 0 Å². The average molecular weight is 632 g/mol. The molecule has 4 rings (SSSR count). The predicted octanol–water partition coefficient (Wildman–Crippen LogP) is 4.17. The summed E-state index contributed by atoms with van der Waals surface area (Å²) in [6, 6.07) is 20.6. The standard InChI is InChI=1S/C35H41N3O8/c1-4-22(2)29-30(46-34(29)42)32(40)36-18-10-15-28(33(41)44-20-24-11-6-5-7-12-24)38-31(39)23(3)37-35(43)45-21-25-16-17-26-13-8-9-14-27(26)19-25/h5-9,11-14,16-17,19,22-23,28-30H,4,10,15,18,20-21H2,1-3H3,(H,36,40)(H,37,43)(H,38,39)/t22-,23-,28-,29-,30+/m0/s1. The minimum atomic E-state index is -1.04. The molecule has 0 saturated carbocycles. The van der Waals surface area contributed by atoms with Crippen LogP contribution < -0.4 is 16.0 Å². The molecule has 3 amide bonds. The third-order valence-corrected chi connectivity index (χ3v) is 8.06. The molecule has 46 heavy (non-hydrogen) atoms. The third-order valence-electron chi connectivity index (χ3n) is 8.06. The van der Waals surface area contributed by atoms with E-state index in [1.54, 1.807) is 0 Å². The summed E-state index contributed by atoms with van der Waals surface area (Å²) in [7, 11) is 0. The van der Waals surface area contributed by atoms with Gasteiger partial charge in [-0.1, -0.05) is 87.0 Å². The van der Waals surface area contributed by atoms with Crippen molar-refractivity contribution in [1.29, 1.82) is 0 Å². The van der Waals surface area contributed by atoms with E-state index in [4.69, 9.17) is 14.2 Å². The zero-order valence-electron chi connectivity index (χ0n) is 26.3. The molecular formula is C35H41N3O8. The Morgan fingerprint density at radius 2 is 1.54 bits per heavy atom. The van der Waals surface area contributed by atoms with E-state index >= 15 is 0 Å². The lowest BCUT2D eigenvalue weighted by atomic mass is 9.83.